The minimum Gasteiger partial charge on any atom is -0.466 e. The van der Waals surface area contributed by atoms with Gasteiger partial charge in [-0.2, -0.15) is 5.10 Å². The molecular formula is C21H28ClN5O3. The van der Waals surface area contributed by atoms with Crippen LogP contribution in [-0.2, 0) is 9.59 Å². The molecule has 2 atom stereocenters. The Morgan fingerprint density at radius 3 is 2.47 bits per heavy atom. The van der Waals surface area contributed by atoms with E-state index in [0.717, 1.165) is 12.8 Å². The topological polar surface area (TPSA) is 98.1 Å². The molecule has 8 nitrogen and oxygen atoms in total. The van der Waals surface area contributed by atoms with Crippen molar-refractivity contribution in [2.75, 3.05) is 0 Å². The third-order valence-electron chi connectivity index (χ3n) is 5.50. The summed E-state index contributed by atoms with van der Waals surface area (Å²) in [7, 11) is 0. The second-order valence-electron chi connectivity index (χ2n) is 8.71. The lowest BCUT2D eigenvalue weighted by molar-refractivity contribution is -0.133. The molecule has 2 aromatic rings. The van der Waals surface area contributed by atoms with Gasteiger partial charge in [0.15, 0.2) is 0 Å². The van der Waals surface area contributed by atoms with Gasteiger partial charge in [-0.15, -0.1) is 0 Å². The number of hydrogen-bond donors (Lipinski definition) is 2. The molecule has 2 amide bonds. The molecule has 9 heteroatoms. The summed E-state index contributed by atoms with van der Waals surface area (Å²) in [4.78, 5) is 28.6. The molecule has 0 saturated heterocycles. The van der Waals surface area contributed by atoms with E-state index in [1.807, 2.05) is 20.8 Å². The fourth-order valence-electron chi connectivity index (χ4n) is 3.80. The third kappa shape index (κ3) is 4.92. The minimum absolute atomic E-state index is 0.211. The number of nitrogens with zero attached hydrogens (tertiary/aromatic N) is 3. The Morgan fingerprint density at radius 2 is 1.93 bits per heavy atom. The lowest BCUT2D eigenvalue weighted by atomic mass is 9.84. The van der Waals surface area contributed by atoms with E-state index >= 15 is 0 Å². The fourth-order valence-corrected chi connectivity index (χ4v) is 3.93. The van der Waals surface area contributed by atoms with Crippen LogP contribution >= 0.6 is 11.6 Å². The van der Waals surface area contributed by atoms with Crippen molar-refractivity contribution in [1.82, 2.24) is 25.4 Å². The Labute approximate surface area is 181 Å². The van der Waals surface area contributed by atoms with E-state index in [4.69, 9.17) is 16.3 Å². The first kappa shape index (κ1) is 22.1. The SMILES string of the molecule is CC(C)(C)C(NC(=O)C1(NC=O)CCCC1)C(Oc1ccc(Cl)cc1)n1cncn1. The van der Waals surface area contributed by atoms with Gasteiger partial charge >= 0.3 is 0 Å². The summed E-state index contributed by atoms with van der Waals surface area (Å²) >= 11 is 5.99. The summed E-state index contributed by atoms with van der Waals surface area (Å²) in [6, 6.07) is 6.54. The summed E-state index contributed by atoms with van der Waals surface area (Å²) in [5.74, 6) is 0.377. The van der Waals surface area contributed by atoms with Gasteiger partial charge in [-0.3, -0.25) is 9.59 Å². The first-order valence-corrected chi connectivity index (χ1v) is 10.4. The average molecular weight is 434 g/mol. The molecule has 1 saturated carbocycles. The molecule has 1 aliphatic carbocycles. The van der Waals surface area contributed by atoms with Gasteiger partial charge in [-0.25, -0.2) is 9.67 Å². The zero-order valence-corrected chi connectivity index (χ0v) is 18.2. The standard InChI is InChI=1S/C21H28ClN5O3/c1-20(2,3)17(26-19(29)21(24-14-28)10-4-5-11-21)18(27-13-23-12-25-27)30-16-8-6-15(22)7-9-16/h6-9,12-14,17-18H,4-5,10-11H2,1-3H3,(H,24,28)(H,26,29). The minimum atomic E-state index is -0.890. The number of halogens is 1. The van der Waals surface area contributed by atoms with Crippen molar-refractivity contribution in [2.45, 2.75) is 64.3 Å². The Kier molecular flexibility index (Phi) is 6.65. The number of hydrogen-bond acceptors (Lipinski definition) is 5. The summed E-state index contributed by atoms with van der Waals surface area (Å²) in [6.07, 6.45) is 5.93. The van der Waals surface area contributed by atoms with Crippen LogP contribution in [0.5, 0.6) is 5.75 Å². The van der Waals surface area contributed by atoms with Gasteiger partial charge in [-0.1, -0.05) is 45.2 Å². The molecule has 0 bridgehead atoms. The molecule has 162 valence electrons. The zero-order chi connectivity index (χ0) is 21.8. The third-order valence-corrected chi connectivity index (χ3v) is 5.75. The number of amides is 2. The van der Waals surface area contributed by atoms with Crippen LogP contribution < -0.4 is 15.4 Å². The van der Waals surface area contributed by atoms with Gasteiger partial charge < -0.3 is 15.4 Å². The highest BCUT2D eigenvalue weighted by Crippen LogP contribution is 2.34. The number of nitrogens with one attached hydrogen (secondary N) is 2. The van der Waals surface area contributed by atoms with E-state index < -0.39 is 17.8 Å². The van der Waals surface area contributed by atoms with Crippen molar-refractivity contribution in [3.8, 4) is 5.75 Å². The molecule has 1 aromatic carbocycles. The molecular weight excluding hydrogens is 406 g/mol. The number of ether oxygens (including phenoxy) is 1. The molecule has 2 N–H and O–H groups in total. The normalized spacial score (nSPS) is 17.7. The summed E-state index contributed by atoms with van der Waals surface area (Å²) in [5, 5.41) is 10.8. The Balaban J connectivity index is 1.92. The maximum absolute atomic E-state index is 13.3. The van der Waals surface area contributed by atoms with Crippen LogP contribution in [0, 0.1) is 5.41 Å². The van der Waals surface area contributed by atoms with Crippen molar-refractivity contribution in [1.29, 1.82) is 0 Å². The molecule has 1 aromatic heterocycles. The van der Waals surface area contributed by atoms with Crippen molar-refractivity contribution < 1.29 is 14.3 Å². The van der Waals surface area contributed by atoms with Crippen molar-refractivity contribution >= 4 is 23.9 Å². The highest BCUT2D eigenvalue weighted by molar-refractivity contribution is 6.30. The first-order valence-electron chi connectivity index (χ1n) is 10.0. The highest BCUT2D eigenvalue weighted by Gasteiger charge is 2.45. The van der Waals surface area contributed by atoms with E-state index in [-0.39, 0.29) is 11.3 Å². The lowest BCUT2D eigenvalue weighted by Crippen LogP contribution is -2.60. The van der Waals surface area contributed by atoms with E-state index in [1.54, 1.807) is 35.3 Å². The predicted octanol–water partition coefficient (Wildman–Crippen LogP) is 3.10. The smallest absolute Gasteiger partial charge is 0.246 e. The van der Waals surface area contributed by atoms with Crippen LogP contribution in [0.4, 0.5) is 0 Å². The maximum Gasteiger partial charge on any atom is 0.246 e. The monoisotopic (exact) mass is 433 g/mol. The Morgan fingerprint density at radius 1 is 1.27 bits per heavy atom. The molecule has 30 heavy (non-hydrogen) atoms. The Hall–Kier alpha value is -2.61. The van der Waals surface area contributed by atoms with E-state index in [2.05, 4.69) is 20.7 Å². The van der Waals surface area contributed by atoms with E-state index in [0.29, 0.717) is 30.0 Å². The first-order chi connectivity index (χ1) is 14.2. The van der Waals surface area contributed by atoms with Crippen LogP contribution in [0.25, 0.3) is 0 Å². The van der Waals surface area contributed by atoms with E-state index in [9.17, 15) is 9.59 Å². The number of aromatic nitrogens is 3. The van der Waals surface area contributed by atoms with Crippen LogP contribution in [0.1, 0.15) is 52.7 Å². The number of benzene rings is 1. The largest absolute Gasteiger partial charge is 0.466 e. The lowest BCUT2D eigenvalue weighted by Gasteiger charge is -2.39. The van der Waals surface area contributed by atoms with E-state index in [1.165, 1.54) is 6.33 Å². The summed E-state index contributed by atoms with van der Waals surface area (Å²) in [6.45, 7) is 6.05. The van der Waals surface area contributed by atoms with Crippen molar-refractivity contribution in [3.63, 3.8) is 0 Å². The highest BCUT2D eigenvalue weighted by atomic mass is 35.5. The quantitative estimate of drug-likeness (QED) is 0.623. The molecule has 3 rings (SSSR count). The van der Waals surface area contributed by atoms with Gasteiger partial charge in [0.2, 0.25) is 18.5 Å². The van der Waals surface area contributed by atoms with Crippen LogP contribution in [-0.4, -0.2) is 38.7 Å². The van der Waals surface area contributed by atoms with Crippen LogP contribution in [0.2, 0.25) is 5.02 Å². The number of rotatable bonds is 8. The van der Waals surface area contributed by atoms with Gasteiger partial charge in [0.1, 0.15) is 23.9 Å². The summed E-state index contributed by atoms with van der Waals surface area (Å²) in [5.41, 5.74) is -1.28. The molecule has 1 fully saturated rings. The fraction of sp³-hybridized carbons (Fsp3) is 0.524. The van der Waals surface area contributed by atoms with Gasteiger partial charge in [0.05, 0.1) is 6.04 Å². The second kappa shape index (κ2) is 9.04. The van der Waals surface area contributed by atoms with Gasteiger partial charge in [0, 0.05) is 5.02 Å². The van der Waals surface area contributed by atoms with Crippen molar-refractivity contribution in [3.05, 3.63) is 41.9 Å². The maximum atomic E-state index is 13.3. The van der Waals surface area contributed by atoms with Crippen LogP contribution in [0.15, 0.2) is 36.9 Å². The zero-order valence-electron chi connectivity index (χ0n) is 17.5. The van der Waals surface area contributed by atoms with Crippen molar-refractivity contribution in [2.24, 2.45) is 5.41 Å². The summed E-state index contributed by atoms with van der Waals surface area (Å²) < 4.78 is 7.84. The predicted molar refractivity (Wildman–Crippen MR) is 113 cm³/mol. The molecule has 1 aliphatic rings. The molecule has 0 aliphatic heterocycles. The number of carbonyl (C=O) groups excluding carboxylic acids is 2. The second-order valence-corrected chi connectivity index (χ2v) is 9.14. The average Bonchev–Trinajstić information content (AvgIpc) is 3.38. The molecule has 2 unspecified atom stereocenters. The molecule has 0 spiro atoms. The van der Waals surface area contributed by atoms with Crippen LogP contribution in [0.3, 0.4) is 0 Å². The number of carbonyl (C=O) groups is 2. The Bertz CT molecular complexity index is 843. The van der Waals surface area contributed by atoms with Gasteiger partial charge in [-0.05, 0) is 42.5 Å². The van der Waals surface area contributed by atoms with Gasteiger partial charge in [0.25, 0.3) is 0 Å². The molecule has 1 heterocycles. The molecule has 0 radical (unpaired) electrons.